The molecule has 9 heteroatoms. The quantitative estimate of drug-likeness (QED) is 0.558. The molecule has 1 saturated carbocycles. The molecule has 0 aliphatic heterocycles. The Morgan fingerprint density at radius 3 is 2.41 bits per heavy atom. The fraction of sp³-hybridized carbons (Fsp3) is 0.435. The van der Waals surface area contributed by atoms with Crippen molar-refractivity contribution in [1.82, 2.24) is 19.6 Å². The lowest BCUT2D eigenvalue weighted by Gasteiger charge is -2.09. The third-order valence-corrected chi connectivity index (χ3v) is 5.75. The van der Waals surface area contributed by atoms with Crippen LogP contribution in [0.4, 0.5) is 18.9 Å². The van der Waals surface area contributed by atoms with E-state index in [1.54, 1.807) is 0 Å². The second-order valence-electron chi connectivity index (χ2n) is 8.44. The Labute approximate surface area is 184 Å². The number of carbonyl (C=O) groups excluding carboxylic acids is 1. The molecule has 2 aromatic heterocycles. The number of alkyl halides is 3. The standard InChI is InChI=1S/C23H26F3N5O/c1-14-4-6-17(7-5-14)13-31-16(3)22(15(2)28-31)27-21(32)10-11-30-19(18-8-9-18)12-20(29-30)23(24,25)26/h4-7,12,18H,8-11,13H2,1-3H3,(H,27,32). The van der Waals surface area contributed by atoms with Crippen molar-refractivity contribution in [3.8, 4) is 0 Å². The molecule has 1 amide bonds. The number of aromatic nitrogens is 4. The minimum absolute atomic E-state index is 0.0285. The van der Waals surface area contributed by atoms with E-state index in [1.807, 2.05) is 49.7 Å². The van der Waals surface area contributed by atoms with E-state index in [0.29, 0.717) is 23.6 Å². The van der Waals surface area contributed by atoms with Gasteiger partial charge in [-0.25, -0.2) is 0 Å². The van der Waals surface area contributed by atoms with E-state index in [0.717, 1.165) is 30.2 Å². The van der Waals surface area contributed by atoms with Crippen LogP contribution in [0.15, 0.2) is 30.3 Å². The summed E-state index contributed by atoms with van der Waals surface area (Å²) in [5, 5.41) is 11.1. The van der Waals surface area contributed by atoms with E-state index in [2.05, 4.69) is 15.5 Å². The molecule has 1 aromatic carbocycles. The maximum Gasteiger partial charge on any atom is 0.435 e. The van der Waals surface area contributed by atoms with Crippen molar-refractivity contribution in [2.45, 2.75) is 65.2 Å². The van der Waals surface area contributed by atoms with Crippen molar-refractivity contribution in [3.05, 3.63) is 64.2 Å². The van der Waals surface area contributed by atoms with Gasteiger partial charge >= 0.3 is 6.18 Å². The second-order valence-corrected chi connectivity index (χ2v) is 8.44. The first-order valence-corrected chi connectivity index (χ1v) is 10.7. The summed E-state index contributed by atoms with van der Waals surface area (Å²) in [4.78, 5) is 12.6. The van der Waals surface area contributed by atoms with Crippen LogP contribution in [0, 0.1) is 20.8 Å². The zero-order valence-corrected chi connectivity index (χ0v) is 18.3. The van der Waals surface area contributed by atoms with Gasteiger partial charge in [0.25, 0.3) is 0 Å². The highest BCUT2D eigenvalue weighted by molar-refractivity contribution is 5.91. The topological polar surface area (TPSA) is 64.7 Å². The van der Waals surface area contributed by atoms with Gasteiger partial charge in [0, 0.05) is 24.6 Å². The average molecular weight is 445 g/mol. The maximum absolute atomic E-state index is 13.1. The van der Waals surface area contributed by atoms with Gasteiger partial charge in [-0.15, -0.1) is 0 Å². The van der Waals surface area contributed by atoms with E-state index in [-0.39, 0.29) is 24.8 Å². The molecule has 0 spiro atoms. The van der Waals surface area contributed by atoms with Crippen molar-refractivity contribution in [2.75, 3.05) is 5.32 Å². The molecule has 4 rings (SSSR count). The molecule has 0 unspecified atom stereocenters. The Kier molecular flexibility index (Phi) is 5.83. The fourth-order valence-corrected chi connectivity index (χ4v) is 3.76. The second kappa shape index (κ2) is 8.44. The highest BCUT2D eigenvalue weighted by Crippen LogP contribution is 2.42. The molecule has 1 aliphatic rings. The van der Waals surface area contributed by atoms with Gasteiger partial charge in [-0.1, -0.05) is 29.8 Å². The minimum Gasteiger partial charge on any atom is -0.323 e. The number of benzene rings is 1. The van der Waals surface area contributed by atoms with Crippen LogP contribution >= 0.6 is 0 Å². The van der Waals surface area contributed by atoms with Crippen LogP contribution in [0.5, 0.6) is 0 Å². The van der Waals surface area contributed by atoms with Crippen LogP contribution in [-0.2, 0) is 24.1 Å². The van der Waals surface area contributed by atoms with Crippen LogP contribution in [0.3, 0.4) is 0 Å². The van der Waals surface area contributed by atoms with Crippen molar-refractivity contribution in [2.24, 2.45) is 0 Å². The first-order valence-electron chi connectivity index (χ1n) is 10.7. The molecule has 0 saturated heterocycles. The molecule has 2 heterocycles. The van der Waals surface area contributed by atoms with Gasteiger partial charge in [0.05, 0.1) is 23.6 Å². The molecule has 170 valence electrons. The summed E-state index contributed by atoms with van der Waals surface area (Å²) in [6.45, 7) is 6.42. The minimum atomic E-state index is -4.49. The van der Waals surface area contributed by atoms with E-state index >= 15 is 0 Å². The predicted octanol–water partition coefficient (Wildman–Crippen LogP) is 4.98. The number of aryl methyl sites for hydroxylation is 3. The van der Waals surface area contributed by atoms with E-state index in [1.165, 1.54) is 10.2 Å². The Bertz CT molecular complexity index is 1120. The molecule has 6 nitrogen and oxygen atoms in total. The number of anilines is 1. The highest BCUT2D eigenvalue weighted by Gasteiger charge is 2.37. The molecule has 1 N–H and O–H groups in total. The predicted molar refractivity (Wildman–Crippen MR) is 114 cm³/mol. The number of halogens is 3. The SMILES string of the molecule is Cc1ccc(Cn2nc(C)c(NC(=O)CCn3nc(C(F)(F)F)cc3C3CC3)c2C)cc1. The maximum atomic E-state index is 13.1. The molecule has 0 bridgehead atoms. The third kappa shape index (κ3) is 4.87. The molecule has 0 radical (unpaired) electrons. The molecular weight excluding hydrogens is 419 g/mol. The van der Waals surface area contributed by atoms with Crippen molar-refractivity contribution >= 4 is 11.6 Å². The summed E-state index contributed by atoms with van der Waals surface area (Å²) in [6, 6.07) is 9.28. The summed E-state index contributed by atoms with van der Waals surface area (Å²) >= 11 is 0. The lowest BCUT2D eigenvalue weighted by molar-refractivity contribution is -0.141. The average Bonchev–Trinajstić information content (AvgIpc) is 3.42. The van der Waals surface area contributed by atoms with Gasteiger partial charge in [0.1, 0.15) is 0 Å². The number of carbonyl (C=O) groups is 1. The number of nitrogens with one attached hydrogen (secondary N) is 1. The normalized spacial score (nSPS) is 14.1. The lowest BCUT2D eigenvalue weighted by Crippen LogP contribution is -2.17. The summed E-state index contributed by atoms with van der Waals surface area (Å²) < 4.78 is 42.3. The van der Waals surface area contributed by atoms with Gasteiger partial charge in [0.2, 0.25) is 5.91 Å². The van der Waals surface area contributed by atoms with Crippen molar-refractivity contribution in [1.29, 1.82) is 0 Å². The molecule has 32 heavy (non-hydrogen) atoms. The number of hydrogen-bond donors (Lipinski definition) is 1. The summed E-state index contributed by atoms with van der Waals surface area (Å²) in [7, 11) is 0. The van der Waals surface area contributed by atoms with Crippen LogP contribution in [0.1, 0.15) is 59.1 Å². The van der Waals surface area contributed by atoms with Gasteiger partial charge in [-0.3, -0.25) is 14.2 Å². The number of hydrogen-bond acceptors (Lipinski definition) is 3. The molecule has 0 atom stereocenters. The van der Waals surface area contributed by atoms with Gasteiger partial charge in [-0.05, 0) is 45.2 Å². The smallest absolute Gasteiger partial charge is 0.323 e. The van der Waals surface area contributed by atoms with Gasteiger partial charge in [0.15, 0.2) is 5.69 Å². The van der Waals surface area contributed by atoms with Crippen LogP contribution in [-0.4, -0.2) is 25.5 Å². The summed E-state index contributed by atoms with van der Waals surface area (Å²) in [6.07, 6.45) is -2.75. The Morgan fingerprint density at radius 1 is 1.09 bits per heavy atom. The zero-order chi connectivity index (χ0) is 23.0. The zero-order valence-electron chi connectivity index (χ0n) is 18.3. The van der Waals surface area contributed by atoms with E-state index in [9.17, 15) is 18.0 Å². The Balaban J connectivity index is 1.42. The van der Waals surface area contributed by atoms with Gasteiger partial charge < -0.3 is 5.32 Å². The van der Waals surface area contributed by atoms with Crippen LogP contribution < -0.4 is 5.32 Å². The third-order valence-electron chi connectivity index (χ3n) is 5.75. The number of amides is 1. The van der Waals surface area contributed by atoms with Crippen LogP contribution in [0.2, 0.25) is 0 Å². The number of nitrogens with zero attached hydrogens (tertiary/aromatic N) is 4. The Hall–Kier alpha value is -3.10. The van der Waals surface area contributed by atoms with Crippen molar-refractivity contribution in [3.63, 3.8) is 0 Å². The first-order chi connectivity index (χ1) is 15.1. The molecule has 1 aliphatic carbocycles. The fourth-order valence-electron chi connectivity index (χ4n) is 3.76. The van der Waals surface area contributed by atoms with Gasteiger partial charge in [-0.2, -0.15) is 23.4 Å². The summed E-state index contributed by atoms with van der Waals surface area (Å²) in [5.41, 5.74) is 4.10. The molecular formula is C23H26F3N5O. The van der Waals surface area contributed by atoms with E-state index in [4.69, 9.17) is 0 Å². The lowest BCUT2D eigenvalue weighted by atomic mass is 10.1. The number of rotatable bonds is 7. The van der Waals surface area contributed by atoms with E-state index < -0.39 is 11.9 Å². The molecule has 1 fully saturated rings. The largest absolute Gasteiger partial charge is 0.435 e. The highest BCUT2D eigenvalue weighted by atomic mass is 19.4. The van der Waals surface area contributed by atoms with Crippen LogP contribution in [0.25, 0.3) is 0 Å². The molecule has 3 aromatic rings. The summed E-state index contributed by atoms with van der Waals surface area (Å²) in [5.74, 6) is -0.178. The Morgan fingerprint density at radius 2 is 1.78 bits per heavy atom. The monoisotopic (exact) mass is 445 g/mol. The first kappa shape index (κ1) is 22.1. The van der Waals surface area contributed by atoms with Crippen molar-refractivity contribution < 1.29 is 18.0 Å².